The molecule has 2 amide bonds. The summed E-state index contributed by atoms with van der Waals surface area (Å²) in [4.78, 5) is 42.2. The standard InChI is InChI=1S/C21H20ClN3O4/c1-13(21(28)24-17-8-5-10-23-20(17)22)29-19(27)12-18-16-7-4-3-6-15(16)9-11-25(18)14(2)26/h3-11,13,18H,12H2,1-2H3,(H,24,28)/t13-,18+/m0/s1. The molecule has 2 heterocycles. The number of nitrogens with zero attached hydrogens (tertiary/aromatic N) is 2. The van der Waals surface area contributed by atoms with Crippen molar-refractivity contribution in [1.29, 1.82) is 0 Å². The van der Waals surface area contributed by atoms with Crippen LogP contribution in [0.2, 0.25) is 5.15 Å². The van der Waals surface area contributed by atoms with Crippen molar-refractivity contribution in [1.82, 2.24) is 9.88 Å². The fourth-order valence-corrected chi connectivity index (χ4v) is 3.25. The highest BCUT2D eigenvalue weighted by molar-refractivity contribution is 6.32. The smallest absolute Gasteiger partial charge is 0.309 e. The third-order valence-electron chi connectivity index (χ3n) is 4.52. The Kier molecular flexibility index (Phi) is 6.29. The van der Waals surface area contributed by atoms with Crippen LogP contribution in [-0.4, -0.2) is 33.8 Å². The van der Waals surface area contributed by atoms with Crippen molar-refractivity contribution in [2.45, 2.75) is 32.4 Å². The molecule has 1 aliphatic rings. The molecule has 8 heteroatoms. The molecule has 0 aliphatic carbocycles. The third kappa shape index (κ3) is 4.81. The molecule has 29 heavy (non-hydrogen) atoms. The lowest BCUT2D eigenvalue weighted by atomic mass is 9.94. The Morgan fingerprint density at radius 2 is 2.00 bits per heavy atom. The van der Waals surface area contributed by atoms with Crippen molar-refractivity contribution in [3.63, 3.8) is 0 Å². The summed E-state index contributed by atoms with van der Waals surface area (Å²) < 4.78 is 5.29. The summed E-state index contributed by atoms with van der Waals surface area (Å²) >= 11 is 5.92. The van der Waals surface area contributed by atoms with Crippen molar-refractivity contribution in [3.8, 4) is 0 Å². The van der Waals surface area contributed by atoms with Crippen LogP contribution >= 0.6 is 11.6 Å². The van der Waals surface area contributed by atoms with E-state index in [9.17, 15) is 14.4 Å². The number of hydrogen-bond donors (Lipinski definition) is 1. The number of rotatable bonds is 5. The van der Waals surface area contributed by atoms with E-state index in [1.807, 2.05) is 30.3 Å². The monoisotopic (exact) mass is 413 g/mol. The average Bonchev–Trinajstić information content (AvgIpc) is 2.69. The summed E-state index contributed by atoms with van der Waals surface area (Å²) in [5, 5.41) is 2.72. The van der Waals surface area contributed by atoms with Gasteiger partial charge in [-0.05, 0) is 36.3 Å². The zero-order valence-corrected chi connectivity index (χ0v) is 16.7. The molecule has 2 atom stereocenters. The number of hydrogen-bond acceptors (Lipinski definition) is 5. The molecule has 1 aromatic carbocycles. The second-order valence-corrected chi connectivity index (χ2v) is 6.91. The van der Waals surface area contributed by atoms with Gasteiger partial charge < -0.3 is 15.0 Å². The van der Waals surface area contributed by atoms with E-state index in [0.29, 0.717) is 5.69 Å². The summed E-state index contributed by atoms with van der Waals surface area (Å²) in [6, 6.07) is 10.2. The van der Waals surface area contributed by atoms with E-state index in [1.54, 1.807) is 18.3 Å². The van der Waals surface area contributed by atoms with E-state index in [4.69, 9.17) is 16.3 Å². The molecule has 0 saturated carbocycles. The number of anilines is 1. The molecule has 1 aromatic heterocycles. The van der Waals surface area contributed by atoms with E-state index < -0.39 is 24.0 Å². The number of benzene rings is 1. The predicted octanol–water partition coefficient (Wildman–Crippen LogP) is 3.57. The summed E-state index contributed by atoms with van der Waals surface area (Å²) in [7, 11) is 0. The van der Waals surface area contributed by atoms with Crippen LogP contribution in [0.4, 0.5) is 5.69 Å². The topological polar surface area (TPSA) is 88.6 Å². The van der Waals surface area contributed by atoms with Gasteiger partial charge >= 0.3 is 5.97 Å². The highest BCUT2D eigenvalue weighted by Crippen LogP contribution is 2.33. The van der Waals surface area contributed by atoms with E-state index in [-0.39, 0.29) is 17.5 Å². The van der Waals surface area contributed by atoms with Gasteiger partial charge in [0.25, 0.3) is 5.91 Å². The number of pyridine rings is 1. The fraction of sp³-hybridized carbons (Fsp3) is 0.238. The first kappa shape index (κ1) is 20.5. The number of fused-ring (bicyclic) bond motifs is 1. The second-order valence-electron chi connectivity index (χ2n) is 6.55. The largest absolute Gasteiger partial charge is 0.452 e. The quantitative estimate of drug-likeness (QED) is 0.598. The molecule has 2 aromatic rings. The van der Waals surface area contributed by atoms with Crippen molar-refractivity contribution in [2.75, 3.05) is 5.32 Å². The number of ether oxygens (including phenoxy) is 1. The summed E-state index contributed by atoms with van der Waals surface area (Å²) in [6.07, 6.45) is 3.86. The Balaban J connectivity index is 1.67. The highest BCUT2D eigenvalue weighted by atomic mass is 35.5. The van der Waals surface area contributed by atoms with E-state index >= 15 is 0 Å². The molecule has 1 aliphatic heterocycles. The van der Waals surface area contributed by atoms with Gasteiger partial charge in [-0.3, -0.25) is 14.4 Å². The lowest BCUT2D eigenvalue weighted by Crippen LogP contribution is -2.35. The third-order valence-corrected chi connectivity index (χ3v) is 4.82. The second kappa shape index (κ2) is 8.87. The zero-order chi connectivity index (χ0) is 21.0. The minimum Gasteiger partial charge on any atom is -0.452 e. The number of carbonyl (C=O) groups is 3. The normalized spacial score (nSPS) is 16.0. The van der Waals surface area contributed by atoms with Gasteiger partial charge in [0, 0.05) is 19.3 Å². The lowest BCUT2D eigenvalue weighted by Gasteiger charge is -2.32. The molecular formula is C21H20ClN3O4. The lowest BCUT2D eigenvalue weighted by molar-refractivity contribution is -0.154. The first-order valence-electron chi connectivity index (χ1n) is 9.03. The minimum atomic E-state index is -1.04. The molecule has 0 bridgehead atoms. The van der Waals surface area contributed by atoms with E-state index in [0.717, 1.165) is 11.1 Å². The number of halogens is 1. The molecule has 0 radical (unpaired) electrons. The molecule has 1 N–H and O–H groups in total. The zero-order valence-electron chi connectivity index (χ0n) is 16.0. The molecular weight excluding hydrogens is 394 g/mol. The van der Waals surface area contributed by atoms with Gasteiger partial charge in [-0.1, -0.05) is 35.9 Å². The summed E-state index contributed by atoms with van der Waals surface area (Å²) in [5.41, 5.74) is 2.11. The molecule has 0 saturated heterocycles. The van der Waals surface area contributed by atoms with Crippen LogP contribution in [0, 0.1) is 0 Å². The van der Waals surface area contributed by atoms with Gasteiger partial charge in [0.15, 0.2) is 11.3 Å². The number of amides is 2. The van der Waals surface area contributed by atoms with Gasteiger partial charge in [-0.25, -0.2) is 4.98 Å². The van der Waals surface area contributed by atoms with Crippen LogP contribution in [0.25, 0.3) is 6.08 Å². The molecule has 7 nitrogen and oxygen atoms in total. The van der Waals surface area contributed by atoms with Crippen LogP contribution in [0.15, 0.2) is 48.8 Å². The maximum atomic E-state index is 12.5. The average molecular weight is 414 g/mol. The van der Waals surface area contributed by atoms with Crippen molar-refractivity contribution in [3.05, 3.63) is 65.1 Å². The van der Waals surface area contributed by atoms with Crippen LogP contribution in [0.1, 0.15) is 37.4 Å². The first-order chi connectivity index (χ1) is 13.9. The van der Waals surface area contributed by atoms with Gasteiger partial charge in [0.1, 0.15) is 0 Å². The minimum absolute atomic E-state index is 0.0772. The maximum Gasteiger partial charge on any atom is 0.309 e. The molecule has 0 spiro atoms. The van der Waals surface area contributed by atoms with Gasteiger partial charge in [-0.15, -0.1) is 0 Å². The Labute approximate surface area is 173 Å². The fourth-order valence-electron chi connectivity index (χ4n) is 3.08. The maximum absolute atomic E-state index is 12.5. The van der Waals surface area contributed by atoms with Crippen molar-refractivity contribution >= 4 is 41.1 Å². The number of nitrogens with one attached hydrogen (secondary N) is 1. The Morgan fingerprint density at radius 1 is 1.24 bits per heavy atom. The summed E-state index contributed by atoms with van der Waals surface area (Å²) in [6.45, 7) is 2.90. The van der Waals surface area contributed by atoms with Crippen LogP contribution in [0.5, 0.6) is 0 Å². The molecule has 0 fully saturated rings. The number of aromatic nitrogens is 1. The highest BCUT2D eigenvalue weighted by Gasteiger charge is 2.30. The molecule has 0 unspecified atom stereocenters. The van der Waals surface area contributed by atoms with Gasteiger partial charge in [-0.2, -0.15) is 0 Å². The SMILES string of the molecule is CC(=O)N1C=Cc2ccccc2[C@H]1CC(=O)O[C@@H](C)C(=O)Nc1cccnc1Cl. The Bertz CT molecular complexity index is 976. The first-order valence-corrected chi connectivity index (χ1v) is 9.41. The van der Waals surface area contributed by atoms with Gasteiger partial charge in [0.2, 0.25) is 5.91 Å². The van der Waals surface area contributed by atoms with E-state index in [2.05, 4.69) is 10.3 Å². The molecule has 150 valence electrons. The van der Waals surface area contributed by atoms with Crippen molar-refractivity contribution in [2.24, 2.45) is 0 Å². The van der Waals surface area contributed by atoms with Gasteiger partial charge in [0.05, 0.1) is 18.2 Å². The number of esters is 1. The molecule has 3 rings (SSSR count). The van der Waals surface area contributed by atoms with Crippen molar-refractivity contribution < 1.29 is 19.1 Å². The Hall–Kier alpha value is -3.19. The Morgan fingerprint density at radius 3 is 2.72 bits per heavy atom. The predicted molar refractivity (Wildman–Crippen MR) is 109 cm³/mol. The van der Waals surface area contributed by atoms with Crippen LogP contribution in [0.3, 0.4) is 0 Å². The summed E-state index contributed by atoms with van der Waals surface area (Å²) in [5.74, 6) is -1.31. The van der Waals surface area contributed by atoms with Crippen LogP contribution < -0.4 is 5.32 Å². The number of carbonyl (C=O) groups excluding carboxylic acids is 3. The van der Waals surface area contributed by atoms with Crippen LogP contribution in [-0.2, 0) is 19.1 Å². The van der Waals surface area contributed by atoms with E-state index in [1.165, 1.54) is 24.9 Å².